The van der Waals surface area contributed by atoms with Crippen molar-refractivity contribution in [1.29, 1.82) is 0 Å². The standard InChI is InChI=1S/C22H24Cl2N4O/c1-2-28-19-11-4-3-9-17(19)25-20(28)14-27-12-6-7-15(13-27)22(29)26-18-10-5-8-16(23)21(18)24/h3-5,8-11,15H,2,6-7,12-14H2,1H3,(H,26,29)/t15-/m0/s1. The molecule has 2 heterocycles. The Morgan fingerprint density at radius 1 is 1.21 bits per heavy atom. The minimum Gasteiger partial charge on any atom is -0.327 e. The normalized spacial score (nSPS) is 17.6. The number of piperidine rings is 1. The lowest BCUT2D eigenvalue weighted by Gasteiger charge is -2.31. The number of hydrogen-bond donors (Lipinski definition) is 1. The van der Waals surface area contributed by atoms with E-state index in [0.29, 0.717) is 22.3 Å². The minimum atomic E-state index is -0.0850. The van der Waals surface area contributed by atoms with Gasteiger partial charge < -0.3 is 9.88 Å². The third-order valence-corrected chi connectivity index (χ3v) is 6.32. The molecule has 0 saturated carbocycles. The van der Waals surface area contributed by atoms with Crippen LogP contribution in [0.25, 0.3) is 11.0 Å². The summed E-state index contributed by atoms with van der Waals surface area (Å²) >= 11 is 12.3. The van der Waals surface area contributed by atoms with E-state index in [9.17, 15) is 4.79 Å². The molecule has 0 unspecified atom stereocenters. The first kappa shape index (κ1) is 20.2. The van der Waals surface area contributed by atoms with E-state index < -0.39 is 0 Å². The van der Waals surface area contributed by atoms with Gasteiger partial charge in [-0.25, -0.2) is 4.98 Å². The van der Waals surface area contributed by atoms with Crippen molar-refractivity contribution in [3.8, 4) is 0 Å². The Kier molecular flexibility index (Phi) is 6.09. The van der Waals surface area contributed by atoms with Gasteiger partial charge in [-0.2, -0.15) is 0 Å². The van der Waals surface area contributed by atoms with E-state index in [1.807, 2.05) is 18.2 Å². The second-order valence-corrected chi connectivity index (χ2v) is 8.21. The molecule has 1 saturated heterocycles. The summed E-state index contributed by atoms with van der Waals surface area (Å²) in [6.07, 6.45) is 1.85. The molecule has 0 radical (unpaired) electrons. The second-order valence-electron chi connectivity index (χ2n) is 7.43. The Morgan fingerprint density at radius 2 is 2.03 bits per heavy atom. The van der Waals surface area contributed by atoms with Crippen molar-refractivity contribution >= 4 is 45.8 Å². The topological polar surface area (TPSA) is 50.2 Å². The number of aryl methyl sites for hydroxylation is 1. The first-order chi connectivity index (χ1) is 14.1. The van der Waals surface area contributed by atoms with E-state index in [1.54, 1.807) is 18.2 Å². The van der Waals surface area contributed by atoms with Gasteiger partial charge in [0, 0.05) is 13.1 Å². The number of para-hydroxylation sites is 2. The number of benzene rings is 2. The highest BCUT2D eigenvalue weighted by Gasteiger charge is 2.27. The van der Waals surface area contributed by atoms with E-state index in [1.165, 1.54) is 0 Å². The molecule has 1 N–H and O–H groups in total. The maximum absolute atomic E-state index is 12.8. The van der Waals surface area contributed by atoms with Crippen molar-refractivity contribution in [2.75, 3.05) is 18.4 Å². The van der Waals surface area contributed by atoms with Crippen LogP contribution in [0.3, 0.4) is 0 Å². The predicted molar refractivity (Wildman–Crippen MR) is 118 cm³/mol. The SMILES string of the molecule is CCn1c(CN2CCC[C@H](C(=O)Nc3cccc(Cl)c3Cl)C2)nc2ccccc21. The summed E-state index contributed by atoms with van der Waals surface area (Å²) in [4.78, 5) is 20.0. The zero-order valence-electron chi connectivity index (χ0n) is 16.4. The average molecular weight is 431 g/mol. The van der Waals surface area contributed by atoms with Gasteiger partial charge in [-0.15, -0.1) is 0 Å². The number of amides is 1. The van der Waals surface area contributed by atoms with Crippen molar-refractivity contribution in [2.45, 2.75) is 32.9 Å². The third kappa shape index (κ3) is 4.27. The zero-order chi connectivity index (χ0) is 20.4. The molecule has 29 heavy (non-hydrogen) atoms. The van der Waals surface area contributed by atoms with Crippen molar-refractivity contribution in [3.05, 3.63) is 58.3 Å². The Hall–Kier alpha value is -2.08. The molecule has 4 rings (SSSR count). The van der Waals surface area contributed by atoms with Gasteiger partial charge in [-0.05, 0) is 50.6 Å². The van der Waals surface area contributed by atoms with Crippen LogP contribution in [0, 0.1) is 5.92 Å². The number of imidazole rings is 1. The summed E-state index contributed by atoms with van der Waals surface area (Å²) < 4.78 is 2.25. The molecule has 0 bridgehead atoms. The number of aromatic nitrogens is 2. The highest BCUT2D eigenvalue weighted by atomic mass is 35.5. The summed E-state index contributed by atoms with van der Waals surface area (Å²) in [6, 6.07) is 13.5. The first-order valence-corrected chi connectivity index (χ1v) is 10.7. The number of nitrogens with zero attached hydrogens (tertiary/aromatic N) is 3. The summed E-state index contributed by atoms with van der Waals surface area (Å²) in [5, 5.41) is 3.77. The van der Waals surface area contributed by atoms with Crippen molar-refractivity contribution in [2.24, 2.45) is 5.92 Å². The molecule has 1 aromatic heterocycles. The fourth-order valence-electron chi connectivity index (χ4n) is 4.05. The van der Waals surface area contributed by atoms with Gasteiger partial charge >= 0.3 is 0 Å². The molecule has 0 spiro atoms. The molecule has 1 aliphatic heterocycles. The van der Waals surface area contributed by atoms with Crippen LogP contribution in [0.15, 0.2) is 42.5 Å². The second kappa shape index (κ2) is 8.74. The molecule has 1 amide bonds. The van der Waals surface area contributed by atoms with Gasteiger partial charge in [0.05, 0.1) is 39.2 Å². The number of carbonyl (C=O) groups is 1. The lowest BCUT2D eigenvalue weighted by molar-refractivity contribution is -0.121. The van der Waals surface area contributed by atoms with Crippen LogP contribution in [-0.4, -0.2) is 33.4 Å². The van der Waals surface area contributed by atoms with E-state index in [4.69, 9.17) is 28.2 Å². The van der Waals surface area contributed by atoms with Crippen molar-refractivity contribution in [3.63, 3.8) is 0 Å². The lowest BCUT2D eigenvalue weighted by Crippen LogP contribution is -2.40. The molecule has 152 valence electrons. The molecule has 2 aromatic carbocycles. The maximum Gasteiger partial charge on any atom is 0.228 e. The number of likely N-dealkylation sites (tertiary alicyclic amines) is 1. The van der Waals surface area contributed by atoms with Crippen LogP contribution in [0.2, 0.25) is 10.0 Å². The monoisotopic (exact) mass is 430 g/mol. The number of carbonyl (C=O) groups excluding carboxylic acids is 1. The number of halogens is 2. The fourth-order valence-corrected chi connectivity index (χ4v) is 4.40. The van der Waals surface area contributed by atoms with Crippen LogP contribution in [-0.2, 0) is 17.9 Å². The van der Waals surface area contributed by atoms with E-state index in [2.05, 4.69) is 27.8 Å². The predicted octanol–water partition coefficient (Wildman–Crippen LogP) is 5.21. The van der Waals surface area contributed by atoms with E-state index >= 15 is 0 Å². The van der Waals surface area contributed by atoms with Gasteiger partial charge in [0.2, 0.25) is 5.91 Å². The van der Waals surface area contributed by atoms with Crippen LogP contribution in [0.1, 0.15) is 25.6 Å². The number of anilines is 1. The van der Waals surface area contributed by atoms with Gasteiger partial charge in [0.25, 0.3) is 0 Å². The van der Waals surface area contributed by atoms with Crippen molar-refractivity contribution in [1.82, 2.24) is 14.5 Å². The number of nitrogens with one attached hydrogen (secondary N) is 1. The molecule has 1 atom stereocenters. The van der Waals surface area contributed by atoms with Crippen LogP contribution < -0.4 is 5.32 Å². The summed E-state index contributed by atoms with van der Waals surface area (Å²) in [6.45, 7) is 5.43. The summed E-state index contributed by atoms with van der Waals surface area (Å²) in [5.41, 5.74) is 2.74. The smallest absolute Gasteiger partial charge is 0.228 e. The molecule has 5 nitrogen and oxygen atoms in total. The Bertz CT molecular complexity index is 1030. The molecule has 1 fully saturated rings. The molecule has 1 aliphatic rings. The first-order valence-electron chi connectivity index (χ1n) is 9.98. The largest absolute Gasteiger partial charge is 0.327 e. The molecule has 0 aliphatic carbocycles. The highest BCUT2D eigenvalue weighted by Crippen LogP contribution is 2.30. The van der Waals surface area contributed by atoms with Crippen LogP contribution in [0.5, 0.6) is 0 Å². The minimum absolute atomic E-state index is 0.0112. The Morgan fingerprint density at radius 3 is 2.86 bits per heavy atom. The zero-order valence-corrected chi connectivity index (χ0v) is 17.9. The maximum atomic E-state index is 12.8. The summed E-state index contributed by atoms with van der Waals surface area (Å²) in [7, 11) is 0. The van der Waals surface area contributed by atoms with E-state index in [-0.39, 0.29) is 11.8 Å². The highest BCUT2D eigenvalue weighted by molar-refractivity contribution is 6.44. The third-order valence-electron chi connectivity index (χ3n) is 5.50. The lowest BCUT2D eigenvalue weighted by atomic mass is 9.97. The van der Waals surface area contributed by atoms with Crippen LogP contribution in [0.4, 0.5) is 5.69 Å². The van der Waals surface area contributed by atoms with Gasteiger partial charge in [0.1, 0.15) is 5.82 Å². The van der Waals surface area contributed by atoms with Gasteiger partial charge in [-0.3, -0.25) is 9.69 Å². The van der Waals surface area contributed by atoms with Crippen LogP contribution >= 0.6 is 23.2 Å². The van der Waals surface area contributed by atoms with Gasteiger partial charge in [-0.1, -0.05) is 41.4 Å². The molecular formula is C22H24Cl2N4O. The molecular weight excluding hydrogens is 407 g/mol. The number of fused-ring (bicyclic) bond motifs is 1. The molecule has 3 aromatic rings. The summed E-state index contributed by atoms with van der Waals surface area (Å²) in [5.74, 6) is 0.953. The Labute approximate surface area is 180 Å². The molecule has 7 heteroatoms. The van der Waals surface area contributed by atoms with E-state index in [0.717, 1.165) is 49.3 Å². The average Bonchev–Trinajstić information content (AvgIpc) is 3.08. The number of rotatable bonds is 5. The van der Waals surface area contributed by atoms with Gasteiger partial charge in [0.15, 0.2) is 0 Å². The quantitative estimate of drug-likeness (QED) is 0.603. The van der Waals surface area contributed by atoms with Crippen molar-refractivity contribution < 1.29 is 4.79 Å². The Balaban J connectivity index is 1.46. The fraction of sp³-hybridized carbons (Fsp3) is 0.364. The number of hydrogen-bond acceptors (Lipinski definition) is 3.